The van der Waals surface area contributed by atoms with E-state index in [9.17, 15) is 9.59 Å². The molecule has 4 N–H and O–H groups in total. The van der Waals surface area contributed by atoms with Crippen LogP contribution in [0.2, 0.25) is 0 Å². The molecule has 0 atom stereocenters. The molecule has 0 fully saturated rings. The standard InChI is InChI=1S/C21H24N4O3/c1-3-14-25(2)19(26)13-6-15-4-11-18(12-5-15)28-20(27)16-7-9-17(10-8-16)24-21(22)23/h4-13H,3,14H2,1-2H3,(H4,22,23,24)/b13-6+. The predicted molar refractivity (Wildman–Crippen MR) is 110 cm³/mol. The highest BCUT2D eigenvalue weighted by atomic mass is 16.5. The number of esters is 1. The highest BCUT2D eigenvalue weighted by Gasteiger charge is 2.08. The van der Waals surface area contributed by atoms with Gasteiger partial charge in [0.2, 0.25) is 5.91 Å². The van der Waals surface area contributed by atoms with Gasteiger partial charge in [-0.2, -0.15) is 0 Å². The summed E-state index contributed by atoms with van der Waals surface area (Å²) in [5.74, 6) is -0.189. The molecule has 0 aliphatic rings. The molecule has 28 heavy (non-hydrogen) atoms. The van der Waals surface area contributed by atoms with Crippen molar-refractivity contribution in [2.75, 3.05) is 13.6 Å². The molecule has 0 aliphatic carbocycles. The van der Waals surface area contributed by atoms with Gasteiger partial charge in [-0.25, -0.2) is 9.79 Å². The second-order valence-electron chi connectivity index (χ2n) is 6.14. The molecule has 2 rings (SSSR count). The topological polar surface area (TPSA) is 111 Å². The van der Waals surface area contributed by atoms with Gasteiger partial charge in [0.1, 0.15) is 5.75 Å². The molecule has 0 saturated heterocycles. The molecule has 0 aliphatic heterocycles. The van der Waals surface area contributed by atoms with Crippen molar-refractivity contribution in [3.05, 3.63) is 65.7 Å². The Bertz CT molecular complexity index is 868. The quantitative estimate of drug-likeness (QED) is 0.252. The van der Waals surface area contributed by atoms with Crippen LogP contribution in [0.15, 0.2) is 59.6 Å². The van der Waals surface area contributed by atoms with Crippen molar-refractivity contribution in [2.24, 2.45) is 16.5 Å². The Kier molecular flexibility index (Phi) is 7.33. The number of nitrogens with two attached hydrogens (primary N) is 2. The van der Waals surface area contributed by atoms with E-state index in [4.69, 9.17) is 16.2 Å². The third kappa shape index (κ3) is 6.28. The Morgan fingerprint density at radius 2 is 1.71 bits per heavy atom. The monoisotopic (exact) mass is 380 g/mol. The van der Waals surface area contributed by atoms with Gasteiger partial charge in [0, 0.05) is 19.7 Å². The number of hydrogen-bond acceptors (Lipinski definition) is 4. The molecule has 0 aromatic heterocycles. The van der Waals surface area contributed by atoms with Crippen LogP contribution in [0.1, 0.15) is 29.3 Å². The molecular weight excluding hydrogens is 356 g/mol. The van der Waals surface area contributed by atoms with Crippen molar-refractivity contribution >= 4 is 29.6 Å². The van der Waals surface area contributed by atoms with Crippen LogP contribution >= 0.6 is 0 Å². The van der Waals surface area contributed by atoms with E-state index in [2.05, 4.69) is 4.99 Å². The van der Waals surface area contributed by atoms with Gasteiger partial charge in [0.25, 0.3) is 0 Å². The average Bonchev–Trinajstić information content (AvgIpc) is 2.67. The van der Waals surface area contributed by atoms with E-state index in [1.54, 1.807) is 66.6 Å². The molecule has 2 aromatic rings. The van der Waals surface area contributed by atoms with Gasteiger partial charge in [0.05, 0.1) is 11.3 Å². The SMILES string of the molecule is CCCN(C)C(=O)/C=C/c1ccc(OC(=O)c2ccc(N=C(N)N)cc2)cc1. The summed E-state index contributed by atoms with van der Waals surface area (Å²) in [6.07, 6.45) is 4.16. The molecule has 7 heteroatoms. The first-order valence-electron chi connectivity index (χ1n) is 8.84. The maximum Gasteiger partial charge on any atom is 0.343 e. The number of nitrogens with zero attached hydrogens (tertiary/aromatic N) is 2. The van der Waals surface area contributed by atoms with Gasteiger partial charge in [0.15, 0.2) is 5.96 Å². The lowest BCUT2D eigenvalue weighted by atomic mass is 10.2. The van der Waals surface area contributed by atoms with Crippen LogP contribution in [-0.4, -0.2) is 36.3 Å². The molecule has 7 nitrogen and oxygen atoms in total. The summed E-state index contributed by atoms with van der Waals surface area (Å²) in [6.45, 7) is 2.73. The van der Waals surface area contributed by atoms with Gasteiger partial charge in [-0.15, -0.1) is 0 Å². The van der Waals surface area contributed by atoms with Crippen LogP contribution in [0, 0.1) is 0 Å². The van der Waals surface area contributed by atoms with Crippen molar-refractivity contribution in [1.82, 2.24) is 4.90 Å². The maximum absolute atomic E-state index is 12.2. The maximum atomic E-state index is 12.2. The second-order valence-corrected chi connectivity index (χ2v) is 6.14. The zero-order valence-corrected chi connectivity index (χ0v) is 16.0. The summed E-state index contributed by atoms with van der Waals surface area (Å²) >= 11 is 0. The molecule has 0 radical (unpaired) electrons. The highest BCUT2D eigenvalue weighted by molar-refractivity contribution is 5.92. The summed E-state index contributed by atoms with van der Waals surface area (Å²) in [6, 6.07) is 13.3. The molecule has 0 heterocycles. The number of likely N-dealkylation sites (N-methyl/N-ethyl adjacent to an activating group) is 1. The molecule has 146 valence electrons. The number of aliphatic imine (C=N–C) groups is 1. The average molecular weight is 380 g/mol. The Balaban J connectivity index is 1.97. The zero-order valence-electron chi connectivity index (χ0n) is 16.0. The number of hydrogen-bond donors (Lipinski definition) is 2. The molecule has 0 unspecified atom stereocenters. The van der Waals surface area contributed by atoms with E-state index in [0.717, 1.165) is 12.0 Å². The molecule has 0 spiro atoms. The molecular formula is C21H24N4O3. The summed E-state index contributed by atoms with van der Waals surface area (Å²) in [7, 11) is 1.77. The van der Waals surface area contributed by atoms with Crippen LogP contribution in [0.4, 0.5) is 5.69 Å². The Labute approximate surface area is 164 Å². The van der Waals surface area contributed by atoms with Gasteiger partial charge in [-0.05, 0) is 54.5 Å². The Morgan fingerprint density at radius 3 is 2.29 bits per heavy atom. The second kappa shape index (κ2) is 9.91. The van der Waals surface area contributed by atoms with Crippen molar-refractivity contribution in [1.29, 1.82) is 0 Å². The Hall–Kier alpha value is -3.61. The minimum atomic E-state index is -0.490. The van der Waals surface area contributed by atoms with E-state index in [1.165, 1.54) is 6.08 Å². The number of guanidine groups is 1. The highest BCUT2D eigenvalue weighted by Crippen LogP contribution is 2.17. The summed E-state index contributed by atoms with van der Waals surface area (Å²) in [4.78, 5) is 29.7. The van der Waals surface area contributed by atoms with E-state index in [0.29, 0.717) is 23.5 Å². The zero-order chi connectivity index (χ0) is 20.5. The normalized spacial score (nSPS) is 10.5. The lowest BCUT2D eigenvalue weighted by molar-refractivity contribution is -0.124. The van der Waals surface area contributed by atoms with Crippen molar-refractivity contribution in [3.8, 4) is 5.75 Å². The number of carbonyl (C=O) groups excluding carboxylic acids is 2. The third-order valence-electron chi connectivity index (χ3n) is 3.81. The minimum Gasteiger partial charge on any atom is -0.423 e. The smallest absolute Gasteiger partial charge is 0.343 e. The van der Waals surface area contributed by atoms with Crippen LogP contribution in [0.25, 0.3) is 6.08 Å². The van der Waals surface area contributed by atoms with Crippen LogP contribution < -0.4 is 16.2 Å². The van der Waals surface area contributed by atoms with Gasteiger partial charge in [-0.1, -0.05) is 19.1 Å². The molecule has 2 aromatic carbocycles. The fourth-order valence-corrected chi connectivity index (χ4v) is 2.37. The number of carbonyl (C=O) groups is 2. The fraction of sp³-hybridized carbons (Fsp3) is 0.190. The summed E-state index contributed by atoms with van der Waals surface area (Å²) in [5, 5.41) is 0. The predicted octanol–water partition coefficient (Wildman–Crippen LogP) is 2.69. The van der Waals surface area contributed by atoms with Crippen LogP contribution in [0.5, 0.6) is 5.75 Å². The minimum absolute atomic E-state index is 0.0526. The molecule has 0 saturated carbocycles. The fourth-order valence-electron chi connectivity index (χ4n) is 2.37. The van der Waals surface area contributed by atoms with Gasteiger partial charge in [-0.3, -0.25) is 4.79 Å². The van der Waals surface area contributed by atoms with Gasteiger partial charge < -0.3 is 21.1 Å². The summed E-state index contributed by atoms with van der Waals surface area (Å²) in [5.41, 5.74) is 12.4. The van der Waals surface area contributed by atoms with Crippen molar-refractivity contribution in [3.63, 3.8) is 0 Å². The number of ether oxygens (including phenoxy) is 1. The largest absolute Gasteiger partial charge is 0.423 e. The Morgan fingerprint density at radius 1 is 1.07 bits per heavy atom. The summed E-state index contributed by atoms with van der Waals surface area (Å²) < 4.78 is 5.35. The number of rotatable bonds is 7. The third-order valence-corrected chi connectivity index (χ3v) is 3.81. The van der Waals surface area contributed by atoms with E-state index >= 15 is 0 Å². The molecule has 0 bridgehead atoms. The van der Waals surface area contributed by atoms with Crippen LogP contribution in [0.3, 0.4) is 0 Å². The van der Waals surface area contributed by atoms with E-state index in [-0.39, 0.29) is 11.9 Å². The number of benzene rings is 2. The van der Waals surface area contributed by atoms with E-state index < -0.39 is 5.97 Å². The van der Waals surface area contributed by atoms with Crippen molar-refractivity contribution < 1.29 is 14.3 Å². The van der Waals surface area contributed by atoms with Gasteiger partial charge >= 0.3 is 5.97 Å². The molecule has 1 amide bonds. The van der Waals surface area contributed by atoms with Crippen LogP contribution in [-0.2, 0) is 4.79 Å². The number of amides is 1. The van der Waals surface area contributed by atoms with E-state index in [1.807, 2.05) is 6.92 Å². The first kappa shape index (κ1) is 20.7. The van der Waals surface area contributed by atoms with Crippen molar-refractivity contribution in [2.45, 2.75) is 13.3 Å². The first-order valence-corrected chi connectivity index (χ1v) is 8.84. The first-order chi connectivity index (χ1) is 13.4. The lowest BCUT2D eigenvalue weighted by Gasteiger charge is -2.12. The lowest BCUT2D eigenvalue weighted by Crippen LogP contribution is -2.25.